The lowest BCUT2D eigenvalue weighted by Gasteiger charge is -2.25. The van der Waals surface area contributed by atoms with E-state index >= 15 is 0 Å². The monoisotopic (exact) mass is 482 g/mol. The molecule has 0 unspecified atom stereocenters. The van der Waals surface area contributed by atoms with Gasteiger partial charge in [0.25, 0.3) is 5.56 Å². The number of ether oxygens (including phenoxy) is 2. The zero-order valence-electron chi connectivity index (χ0n) is 18.0. The van der Waals surface area contributed by atoms with Crippen LogP contribution in [-0.2, 0) is 14.3 Å². The number of para-hydroxylation sites is 1. The van der Waals surface area contributed by atoms with Crippen molar-refractivity contribution in [2.75, 3.05) is 7.11 Å². The van der Waals surface area contributed by atoms with Crippen LogP contribution in [0.5, 0.6) is 5.75 Å². The summed E-state index contributed by atoms with van der Waals surface area (Å²) in [6.45, 7) is 3.01. The molecule has 7 nitrogen and oxygen atoms in total. The van der Waals surface area contributed by atoms with Crippen molar-refractivity contribution in [3.8, 4) is 5.75 Å². The number of hydrogen-bond donors (Lipinski definition) is 0. The molecular formula is C24H19ClN2O5S. The fourth-order valence-electron chi connectivity index (χ4n) is 3.67. The van der Waals surface area contributed by atoms with Crippen LogP contribution < -0.4 is 19.6 Å². The molecule has 2 heterocycles. The van der Waals surface area contributed by atoms with E-state index in [1.54, 1.807) is 61.5 Å². The Morgan fingerprint density at radius 2 is 1.85 bits per heavy atom. The van der Waals surface area contributed by atoms with E-state index in [0.717, 1.165) is 0 Å². The Bertz CT molecular complexity index is 1480. The SMILES string of the molecule is COC(=O)C1=C(C)N=c2s/c(=C\c3ccccc3OC(C)=O)c(=O)n2[C@H]1c1ccccc1Cl. The summed E-state index contributed by atoms with van der Waals surface area (Å²) >= 11 is 7.64. The summed E-state index contributed by atoms with van der Waals surface area (Å²) in [5.74, 6) is -0.713. The Balaban J connectivity index is 1.98. The summed E-state index contributed by atoms with van der Waals surface area (Å²) < 4.78 is 12.1. The number of esters is 2. The van der Waals surface area contributed by atoms with E-state index in [1.165, 1.54) is 29.9 Å². The lowest BCUT2D eigenvalue weighted by molar-refractivity contribution is -0.136. The van der Waals surface area contributed by atoms with Crippen LogP contribution in [0.25, 0.3) is 6.08 Å². The third-order valence-electron chi connectivity index (χ3n) is 5.09. The van der Waals surface area contributed by atoms with Crippen LogP contribution >= 0.6 is 22.9 Å². The Kier molecular flexibility index (Phi) is 6.31. The van der Waals surface area contributed by atoms with Crippen LogP contribution in [0.3, 0.4) is 0 Å². The van der Waals surface area contributed by atoms with Gasteiger partial charge in [-0.25, -0.2) is 9.79 Å². The van der Waals surface area contributed by atoms with Crippen molar-refractivity contribution in [1.29, 1.82) is 0 Å². The number of allylic oxidation sites excluding steroid dienone is 1. The van der Waals surface area contributed by atoms with Gasteiger partial charge in [-0.3, -0.25) is 14.2 Å². The van der Waals surface area contributed by atoms with Gasteiger partial charge in [0.2, 0.25) is 0 Å². The molecule has 0 saturated carbocycles. The van der Waals surface area contributed by atoms with Crippen LogP contribution in [0, 0.1) is 0 Å². The van der Waals surface area contributed by atoms with Crippen LogP contribution in [0.4, 0.5) is 0 Å². The van der Waals surface area contributed by atoms with Gasteiger partial charge in [0, 0.05) is 17.5 Å². The van der Waals surface area contributed by atoms with E-state index in [1.807, 2.05) is 0 Å². The van der Waals surface area contributed by atoms with Crippen molar-refractivity contribution >= 4 is 41.0 Å². The minimum absolute atomic E-state index is 0.241. The second kappa shape index (κ2) is 9.17. The summed E-state index contributed by atoms with van der Waals surface area (Å²) in [6.07, 6.45) is 1.64. The topological polar surface area (TPSA) is 87.0 Å². The summed E-state index contributed by atoms with van der Waals surface area (Å²) in [5.41, 5.74) is 1.48. The first kappa shape index (κ1) is 22.7. The molecule has 0 bridgehead atoms. The van der Waals surface area contributed by atoms with E-state index in [9.17, 15) is 14.4 Å². The fraction of sp³-hybridized carbons (Fsp3) is 0.167. The van der Waals surface area contributed by atoms with Crippen molar-refractivity contribution in [1.82, 2.24) is 4.57 Å². The maximum Gasteiger partial charge on any atom is 0.338 e. The van der Waals surface area contributed by atoms with Crippen LogP contribution in [0.15, 0.2) is 69.6 Å². The average Bonchev–Trinajstić information content (AvgIpc) is 3.08. The van der Waals surface area contributed by atoms with Gasteiger partial charge < -0.3 is 9.47 Å². The summed E-state index contributed by atoms with van der Waals surface area (Å²) in [5, 5.41) is 0.411. The summed E-state index contributed by atoms with van der Waals surface area (Å²) in [6, 6.07) is 13.1. The third-order valence-corrected chi connectivity index (χ3v) is 6.41. The lowest BCUT2D eigenvalue weighted by atomic mass is 9.96. The number of hydrogen-bond acceptors (Lipinski definition) is 7. The molecule has 9 heteroatoms. The van der Waals surface area contributed by atoms with E-state index in [2.05, 4.69) is 4.99 Å². The minimum atomic E-state index is -0.798. The molecule has 1 atom stereocenters. The number of benzene rings is 2. The molecule has 0 aliphatic carbocycles. The van der Waals surface area contributed by atoms with Gasteiger partial charge in [-0.1, -0.05) is 59.3 Å². The smallest absolute Gasteiger partial charge is 0.338 e. The zero-order valence-corrected chi connectivity index (χ0v) is 19.6. The Morgan fingerprint density at radius 3 is 2.55 bits per heavy atom. The molecule has 2 aromatic carbocycles. The Hall–Kier alpha value is -3.49. The summed E-state index contributed by atoms with van der Waals surface area (Å²) in [4.78, 5) is 42.6. The number of carbonyl (C=O) groups is 2. The van der Waals surface area contributed by atoms with E-state index in [-0.39, 0.29) is 11.1 Å². The number of rotatable bonds is 4. The van der Waals surface area contributed by atoms with E-state index < -0.39 is 18.0 Å². The number of carbonyl (C=O) groups excluding carboxylic acids is 2. The highest BCUT2D eigenvalue weighted by Gasteiger charge is 2.34. The normalized spacial score (nSPS) is 15.6. The first-order valence-corrected chi connectivity index (χ1v) is 11.1. The molecule has 1 aromatic heterocycles. The molecule has 4 rings (SSSR count). The number of fused-ring (bicyclic) bond motifs is 1. The predicted octanol–water partition coefficient (Wildman–Crippen LogP) is 2.99. The lowest BCUT2D eigenvalue weighted by Crippen LogP contribution is -2.39. The molecule has 0 radical (unpaired) electrons. The largest absolute Gasteiger partial charge is 0.466 e. The Labute approximate surface area is 197 Å². The minimum Gasteiger partial charge on any atom is -0.466 e. The van der Waals surface area contributed by atoms with Crippen LogP contribution in [-0.4, -0.2) is 23.6 Å². The average molecular weight is 483 g/mol. The highest BCUT2D eigenvalue weighted by atomic mass is 35.5. The molecule has 0 fully saturated rings. The molecule has 0 N–H and O–H groups in total. The fourth-order valence-corrected chi connectivity index (χ4v) is 4.95. The van der Waals surface area contributed by atoms with Crippen LogP contribution in [0.1, 0.15) is 31.0 Å². The maximum atomic E-state index is 13.6. The second-order valence-corrected chi connectivity index (χ2v) is 8.64. The van der Waals surface area contributed by atoms with Crippen molar-refractivity contribution in [2.24, 2.45) is 4.99 Å². The standard InChI is InChI=1S/C24H19ClN2O5S/c1-13-20(23(30)31-3)21(16-9-5-6-10-17(16)25)27-22(29)19(33-24(27)26-13)12-15-8-4-7-11-18(15)32-14(2)28/h4-12,21H,1-3H3/b19-12-/t21-/m0/s1. The number of aromatic nitrogens is 1. The van der Waals surface area contributed by atoms with Gasteiger partial charge in [-0.15, -0.1) is 0 Å². The molecule has 0 spiro atoms. The molecular weight excluding hydrogens is 464 g/mol. The van der Waals surface area contributed by atoms with Gasteiger partial charge >= 0.3 is 11.9 Å². The molecule has 33 heavy (non-hydrogen) atoms. The quantitative estimate of drug-likeness (QED) is 0.421. The number of thiazole rings is 1. The van der Waals surface area contributed by atoms with Gasteiger partial charge in [0.05, 0.1) is 22.9 Å². The third kappa shape index (κ3) is 4.27. The molecule has 3 aromatic rings. The molecule has 1 aliphatic heterocycles. The van der Waals surface area contributed by atoms with Gasteiger partial charge in [-0.05, 0) is 30.7 Å². The summed E-state index contributed by atoms with van der Waals surface area (Å²) in [7, 11) is 1.28. The molecule has 1 aliphatic rings. The van der Waals surface area contributed by atoms with Gasteiger partial charge in [-0.2, -0.15) is 0 Å². The first-order chi connectivity index (χ1) is 15.8. The van der Waals surface area contributed by atoms with Gasteiger partial charge in [0.15, 0.2) is 4.80 Å². The van der Waals surface area contributed by atoms with E-state index in [0.29, 0.717) is 36.9 Å². The highest BCUT2D eigenvalue weighted by Crippen LogP contribution is 2.34. The number of methoxy groups -OCH3 is 1. The first-order valence-electron chi connectivity index (χ1n) is 9.94. The van der Waals surface area contributed by atoms with Crippen molar-refractivity contribution in [3.63, 3.8) is 0 Å². The zero-order chi connectivity index (χ0) is 23.7. The van der Waals surface area contributed by atoms with Crippen LogP contribution in [0.2, 0.25) is 5.02 Å². The van der Waals surface area contributed by atoms with Gasteiger partial charge in [0.1, 0.15) is 11.8 Å². The predicted molar refractivity (Wildman–Crippen MR) is 125 cm³/mol. The van der Waals surface area contributed by atoms with Crippen molar-refractivity contribution < 1.29 is 19.1 Å². The van der Waals surface area contributed by atoms with Crippen molar-refractivity contribution in [3.05, 3.63) is 95.6 Å². The number of nitrogens with zero attached hydrogens (tertiary/aromatic N) is 2. The van der Waals surface area contributed by atoms with E-state index in [4.69, 9.17) is 21.1 Å². The molecule has 0 saturated heterocycles. The number of halogens is 1. The maximum absolute atomic E-state index is 13.6. The second-order valence-electron chi connectivity index (χ2n) is 7.23. The Morgan fingerprint density at radius 1 is 1.15 bits per heavy atom. The molecule has 0 amide bonds. The highest BCUT2D eigenvalue weighted by molar-refractivity contribution is 7.07. The van der Waals surface area contributed by atoms with Crippen molar-refractivity contribution in [2.45, 2.75) is 19.9 Å². The molecule has 168 valence electrons.